The average molecular weight is 296 g/mol. The molecule has 6 nitrogen and oxygen atoms in total. The molecule has 100 valence electrons. The predicted octanol–water partition coefficient (Wildman–Crippen LogP) is 0.118. The molecule has 19 heavy (non-hydrogen) atoms. The minimum Gasteiger partial charge on any atom is -0.550 e. The van der Waals surface area contributed by atoms with Crippen molar-refractivity contribution in [1.29, 1.82) is 0 Å². The molecule has 1 aliphatic rings. The molecule has 1 atom stereocenters. The SMILES string of the molecule is Cc1ccsc1/C=N\N=C1\NC(=O)[C@H](CC(=O)[O-])S1. The number of amidine groups is 1. The summed E-state index contributed by atoms with van der Waals surface area (Å²) in [7, 11) is 0. The van der Waals surface area contributed by atoms with E-state index >= 15 is 0 Å². The Kier molecular flexibility index (Phi) is 4.33. The van der Waals surface area contributed by atoms with E-state index in [0.29, 0.717) is 5.17 Å². The van der Waals surface area contributed by atoms with Crippen LogP contribution < -0.4 is 10.4 Å². The Morgan fingerprint density at radius 1 is 1.63 bits per heavy atom. The summed E-state index contributed by atoms with van der Waals surface area (Å²) >= 11 is 2.59. The summed E-state index contributed by atoms with van der Waals surface area (Å²) in [5, 5.41) is 22.2. The lowest BCUT2D eigenvalue weighted by atomic mass is 10.3. The van der Waals surface area contributed by atoms with Crippen LogP contribution in [0.2, 0.25) is 0 Å². The maximum Gasteiger partial charge on any atom is 0.239 e. The molecule has 2 heterocycles. The van der Waals surface area contributed by atoms with Crippen molar-refractivity contribution in [2.24, 2.45) is 10.2 Å². The van der Waals surface area contributed by atoms with E-state index in [1.54, 1.807) is 17.6 Å². The van der Waals surface area contributed by atoms with Crippen LogP contribution in [0.5, 0.6) is 0 Å². The van der Waals surface area contributed by atoms with Crippen LogP contribution in [-0.4, -0.2) is 28.5 Å². The minimum atomic E-state index is -1.26. The lowest BCUT2D eigenvalue weighted by Crippen LogP contribution is -2.31. The number of aryl methyl sites for hydroxylation is 1. The summed E-state index contributed by atoms with van der Waals surface area (Å²) in [6.45, 7) is 1.97. The number of hydrogen-bond donors (Lipinski definition) is 1. The van der Waals surface area contributed by atoms with Crippen LogP contribution in [0.15, 0.2) is 21.6 Å². The highest BCUT2D eigenvalue weighted by Crippen LogP contribution is 2.22. The number of amides is 1. The zero-order valence-electron chi connectivity index (χ0n) is 9.95. The van der Waals surface area contributed by atoms with Gasteiger partial charge in [-0.1, -0.05) is 11.8 Å². The van der Waals surface area contributed by atoms with Crippen molar-refractivity contribution < 1.29 is 14.7 Å². The van der Waals surface area contributed by atoms with Gasteiger partial charge in [-0.3, -0.25) is 4.79 Å². The van der Waals surface area contributed by atoms with Crippen LogP contribution >= 0.6 is 23.1 Å². The third-order valence-electron chi connectivity index (χ3n) is 2.35. The Bertz CT molecular complexity index is 565. The lowest BCUT2D eigenvalue weighted by Gasteiger charge is -2.04. The molecule has 1 fully saturated rings. The molecular formula is C11H10N3O3S2-. The van der Waals surface area contributed by atoms with Gasteiger partial charge in [0, 0.05) is 12.4 Å². The zero-order valence-corrected chi connectivity index (χ0v) is 11.6. The third kappa shape index (κ3) is 3.65. The van der Waals surface area contributed by atoms with Gasteiger partial charge in [0.15, 0.2) is 5.17 Å². The first kappa shape index (κ1) is 13.8. The molecule has 1 aromatic rings. The highest BCUT2D eigenvalue weighted by molar-refractivity contribution is 8.15. The smallest absolute Gasteiger partial charge is 0.239 e. The number of carbonyl (C=O) groups excluding carboxylic acids is 2. The predicted molar refractivity (Wildman–Crippen MR) is 73.2 cm³/mol. The van der Waals surface area contributed by atoms with Gasteiger partial charge in [-0.2, -0.15) is 5.10 Å². The summed E-state index contributed by atoms with van der Waals surface area (Å²) in [5.74, 6) is -1.64. The van der Waals surface area contributed by atoms with E-state index in [-0.39, 0.29) is 12.3 Å². The second kappa shape index (κ2) is 5.98. The highest BCUT2D eigenvalue weighted by Gasteiger charge is 2.30. The maximum atomic E-state index is 11.4. The van der Waals surface area contributed by atoms with Gasteiger partial charge in [-0.05, 0) is 23.9 Å². The van der Waals surface area contributed by atoms with Crippen molar-refractivity contribution in [2.75, 3.05) is 0 Å². The van der Waals surface area contributed by atoms with E-state index in [2.05, 4.69) is 15.5 Å². The monoisotopic (exact) mass is 296 g/mol. The summed E-state index contributed by atoms with van der Waals surface area (Å²) < 4.78 is 0. The van der Waals surface area contributed by atoms with Crippen LogP contribution in [0.25, 0.3) is 0 Å². The number of thiophene rings is 1. The summed E-state index contributed by atoms with van der Waals surface area (Å²) in [6.07, 6.45) is 1.27. The fourth-order valence-electron chi connectivity index (χ4n) is 1.39. The molecule has 0 saturated carbocycles. The molecule has 2 rings (SSSR count). The van der Waals surface area contributed by atoms with Crippen LogP contribution in [0.4, 0.5) is 0 Å². The van der Waals surface area contributed by atoms with Crippen molar-refractivity contribution in [3.05, 3.63) is 21.9 Å². The van der Waals surface area contributed by atoms with Crippen LogP contribution in [0.1, 0.15) is 16.9 Å². The molecule has 0 aromatic carbocycles. The van der Waals surface area contributed by atoms with E-state index < -0.39 is 11.2 Å². The fourth-order valence-corrected chi connectivity index (χ4v) is 3.08. The highest BCUT2D eigenvalue weighted by atomic mass is 32.2. The molecule has 0 aliphatic carbocycles. The van der Waals surface area contributed by atoms with E-state index in [1.807, 2.05) is 18.4 Å². The van der Waals surface area contributed by atoms with Gasteiger partial charge in [-0.15, -0.1) is 16.4 Å². The first-order valence-electron chi connectivity index (χ1n) is 5.38. The molecule has 1 aromatic heterocycles. The Balaban J connectivity index is 1.98. The molecular weight excluding hydrogens is 286 g/mol. The lowest BCUT2D eigenvalue weighted by molar-refractivity contribution is -0.305. The molecule has 0 bridgehead atoms. The number of carboxylic acids is 1. The number of thioether (sulfide) groups is 1. The molecule has 1 N–H and O–H groups in total. The fraction of sp³-hybridized carbons (Fsp3) is 0.273. The minimum absolute atomic E-state index is 0.307. The molecule has 0 unspecified atom stereocenters. The summed E-state index contributed by atoms with van der Waals surface area (Å²) in [4.78, 5) is 22.8. The largest absolute Gasteiger partial charge is 0.550 e. The van der Waals surface area contributed by atoms with E-state index in [4.69, 9.17) is 0 Å². The number of carbonyl (C=O) groups is 2. The van der Waals surface area contributed by atoms with E-state index in [0.717, 1.165) is 22.2 Å². The van der Waals surface area contributed by atoms with Crippen molar-refractivity contribution in [1.82, 2.24) is 5.32 Å². The molecule has 8 heteroatoms. The number of nitrogens with zero attached hydrogens (tertiary/aromatic N) is 2. The molecule has 1 saturated heterocycles. The van der Waals surface area contributed by atoms with Crippen LogP contribution in [-0.2, 0) is 9.59 Å². The molecule has 0 radical (unpaired) electrons. The quantitative estimate of drug-likeness (QED) is 0.630. The van der Waals surface area contributed by atoms with E-state index in [1.165, 1.54) is 0 Å². The van der Waals surface area contributed by atoms with Gasteiger partial charge in [0.05, 0.1) is 16.3 Å². The van der Waals surface area contributed by atoms with Crippen molar-refractivity contribution in [3.63, 3.8) is 0 Å². The number of carboxylic acid groups (broad SMARTS) is 1. The molecule has 1 amide bonds. The Labute approximate surface area is 117 Å². The third-order valence-corrected chi connectivity index (χ3v) is 4.38. The van der Waals surface area contributed by atoms with Gasteiger partial charge in [0.1, 0.15) is 0 Å². The Morgan fingerprint density at radius 2 is 2.42 bits per heavy atom. The normalized spacial score (nSPS) is 21.2. The number of nitrogens with one attached hydrogen (secondary N) is 1. The number of aliphatic carboxylic acids is 1. The second-order valence-electron chi connectivity index (χ2n) is 3.79. The maximum absolute atomic E-state index is 11.4. The molecule has 1 aliphatic heterocycles. The van der Waals surface area contributed by atoms with Crippen molar-refractivity contribution in [3.8, 4) is 0 Å². The van der Waals surface area contributed by atoms with E-state index in [9.17, 15) is 14.7 Å². The van der Waals surface area contributed by atoms with Gasteiger partial charge in [-0.25, -0.2) is 0 Å². The average Bonchev–Trinajstić information content (AvgIpc) is 2.87. The van der Waals surface area contributed by atoms with Gasteiger partial charge >= 0.3 is 0 Å². The number of rotatable bonds is 4. The van der Waals surface area contributed by atoms with Crippen LogP contribution in [0, 0.1) is 6.92 Å². The standard InChI is InChI=1S/C11H11N3O3S2/c1-6-2-3-18-8(6)5-12-14-11-13-10(17)7(19-11)4-9(15)16/h2-3,5,7H,4H2,1H3,(H,15,16)(H,13,14,17)/p-1/b12-5-/t7-/m0/s1. The van der Waals surface area contributed by atoms with Crippen molar-refractivity contribution >= 4 is 46.4 Å². The zero-order chi connectivity index (χ0) is 13.8. The summed E-state index contributed by atoms with van der Waals surface area (Å²) in [6, 6.07) is 1.97. The van der Waals surface area contributed by atoms with Crippen LogP contribution in [0.3, 0.4) is 0 Å². The van der Waals surface area contributed by atoms with Gasteiger partial charge in [0.25, 0.3) is 0 Å². The van der Waals surface area contributed by atoms with Gasteiger partial charge in [0.2, 0.25) is 5.91 Å². The Hall–Kier alpha value is -1.67. The van der Waals surface area contributed by atoms with Gasteiger partial charge < -0.3 is 15.2 Å². The first-order valence-corrected chi connectivity index (χ1v) is 7.14. The van der Waals surface area contributed by atoms with Crippen molar-refractivity contribution in [2.45, 2.75) is 18.6 Å². The summed E-state index contributed by atoms with van der Waals surface area (Å²) in [5.41, 5.74) is 1.10. The number of hydrogen-bond acceptors (Lipinski definition) is 7. The topological polar surface area (TPSA) is 94.0 Å². The first-order chi connectivity index (χ1) is 9.06. The Morgan fingerprint density at radius 3 is 3.05 bits per heavy atom. The molecule has 0 spiro atoms. The second-order valence-corrected chi connectivity index (χ2v) is 5.93.